The lowest BCUT2D eigenvalue weighted by Gasteiger charge is -2.34. The zero-order chi connectivity index (χ0) is 15.0. The second-order valence-corrected chi connectivity index (χ2v) is 7.73. The lowest BCUT2D eigenvalue weighted by atomic mass is 9.77. The van der Waals surface area contributed by atoms with Gasteiger partial charge in [-0.25, -0.2) is 0 Å². The average molecular weight is 371 g/mol. The number of rotatable bonds is 4. The summed E-state index contributed by atoms with van der Waals surface area (Å²) in [6.07, 6.45) is 2.83. The standard InChI is InChI=1S/C13H15BrN4O2S/c1-7(16-10(19)8-3-4-9(14)21-8)11-17-12(18-20-11)13(15)5-2-6-13/h3-4,7H,2,5-6,15H2,1H3,(H,16,19). The van der Waals surface area contributed by atoms with Gasteiger partial charge < -0.3 is 15.6 Å². The van der Waals surface area contributed by atoms with Crippen LogP contribution >= 0.6 is 27.3 Å². The van der Waals surface area contributed by atoms with Crippen LogP contribution in [0.25, 0.3) is 0 Å². The third-order valence-electron chi connectivity index (χ3n) is 3.65. The number of hydrogen-bond acceptors (Lipinski definition) is 6. The first kappa shape index (κ1) is 14.7. The summed E-state index contributed by atoms with van der Waals surface area (Å²) < 4.78 is 6.14. The highest BCUT2D eigenvalue weighted by molar-refractivity contribution is 9.11. The molecule has 2 aromatic heterocycles. The molecule has 1 aliphatic rings. The van der Waals surface area contributed by atoms with Crippen molar-refractivity contribution in [3.63, 3.8) is 0 Å². The molecule has 2 heterocycles. The first-order valence-electron chi connectivity index (χ1n) is 6.67. The minimum absolute atomic E-state index is 0.163. The Kier molecular flexibility index (Phi) is 3.85. The van der Waals surface area contributed by atoms with Crippen molar-refractivity contribution in [2.24, 2.45) is 5.73 Å². The van der Waals surface area contributed by atoms with E-state index in [0.29, 0.717) is 16.6 Å². The second kappa shape index (κ2) is 5.51. The monoisotopic (exact) mass is 370 g/mol. The number of hydrogen-bond donors (Lipinski definition) is 2. The smallest absolute Gasteiger partial charge is 0.262 e. The van der Waals surface area contributed by atoms with Crippen LogP contribution < -0.4 is 11.1 Å². The molecule has 1 amide bonds. The number of nitrogens with two attached hydrogens (primary N) is 1. The fourth-order valence-electron chi connectivity index (χ4n) is 2.16. The number of aromatic nitrogens is 2. The van der Waals surface area contributed by atoms with Gasteiger partial charge in [0.25, 0.3) is 5.91 Å². The van der Waals surface area contributed by atoms with E-state index in [0.717, 1.165) is 23.0 Å². The highest BCUT2D eigenvalue weighted by Gasteiger charge is 2.39. The first-order valence-corrected chi connectivity index (χ1v) is 8.28. The van der Waals surface area contributed by atoms with Crippen molar-refractivity contribution in [2.45, 2.75) is 37.8 Å². The summed E-state index contributed by atoms with van der Waals surface area (Å²) in [5.74, 6) is 0.749. The van der Waals surface area contributed by atoms with Gasteiger partial charge in [-0.1, -0.05) is 5.16 Å². The van der Waals surface area contributed by atoms with E-state index in [1.165, 1.54) is 11.3 Å². The van der Waals surface area contributed by atoms with Crippen LogP contribution in [0.4, 0.5) is 0 Å². The summed E-state index contributed by atoms with van der Waals surface area (Å²) in [6.45, 7) is 1.81. The Hall–Kier alpha value is -1.25. The molecule has 21 heavy (non-hydrogen) atoms. The van der Waals surface area contributed by atoms with Crippen molar-refractivity contribution >= 4 is 33.2 Å². The van der Waals surface area contributed by atoms with Crippen LogP contribution in [0.3, 0.4) is 0 Å². The summed E-state index contributed by atoms with van der Waals surface area (Å²) in [4.78, 5) is 17.0. The van der Waals surface area contributed by atoms with E-state index >= 15 is 0 Å². The molecule has 112 valence electrons. The highest BCUT2D eigenvalue weighted by atomic mass is 79.9. The van der Waals surface area contributed by atoms with Gasteiger partial charge >= 0.3 is 0 Å². The quantitative estimate of drug-likeness (QED) is 0.862. The Labute approximate surface area is 134 Å². The summed E-state index contributed by atoms with van der Waals surface area (Å²) in [7, 11) is 0. The molecule has 0 saturated heterocycles. The Bertz CT molecular complexity index is 665. The molecule has 3 rings (SSSR count). The molecule has 0 aliphatic heterocycles. The molecule has 1 saturated carbocycles. The van der Waals surface area contributed by atoms with Crippen molar-refractivity contribution in [2.75, 3.05) is 0 Å². The van der Waals surface area contributed by atoms with E-state index in [2.05, 4.69) is 31.4 Å². The van der Waals surface area contributed by atoms with Crippen LogP contribution in [0.5, 0.6) is 0 Å². The topological polar surface area (TPSA) is 94.0 Å². The lowest BCUT2D eigenvalue weighted by molar-refractivity contribution is 0.0936. The Balaban J connectivity index is 1.68. The summed E-state index contributed by atoms with van der Waals surface area (Å²) in [5, 5.41) is 6.79. The third-order valence-corrected chi connectivity index (χ3v) is 5.27. The third kappa shape index (κ3) is 2.88. The van der Waals surface area contributed by atoms with Gasteiger partial charge in [-0.3, -0.25) is 4.79 Å². The Morgan fingerprint density at radius 3 is 2.90 bits per heavy atom. The number of nitrogens with one attached hydrogen (secondary N) is 1. The zero-order valence-electron chi connectivity index (χ0n) is 11.4. The predicted octanol–water partition coefficient (Wildman–Crippen LogP) is 2.72. The van der Waals surface area contributed by atoms with E-state index in [1.54, 1.807) is 6.07 Å². The molecule has 0 aromatic carbocycles. The first-order chi connectivity index (χ1) is 9.98. The minimum Gasteiger partial charge on any atom is -0.340 e. The van der Waals surface area contributed by atoms with Crippen molar-refractivity contribution < 1.29 is 9.32 Å². The van der Waals surface area contributed by atoms with Crippen LogP contribution in [0.15, 0.2) is 20.4 Å². The lowest BCUT2D eigenvalue weighted by Crippen LogP contribution is -2.44. The average Bonchev–Trinajstić information content (AvgIpc) is 3.04. The Morgan fingerprint density at radius 1 is 1.57 bits per heavy atom. The summed E-state index contributed by atoms with van der Waals surface area (Å²) in [6, 6.07) is 3.24. The van der Waals surface area contributed by atoms with Gasteiger partial charge in [-0.2, -0.15) is 4.98 Å². The second-order valence-electron chi connectivity index (χ2n) is 5.26. The number of carbonyl (C=O) groups excluding carboxylic acids is 1. The van der Waals surface area contributed by atoms with Crippen molar-refractivity contribution in [1.29, 1.82) is 0 Å². The van der Waals surface area contributed by atoms with Gasteiger partial charge in [0.2, 0.25) is 5.89 Å². The minimum atomic E-state index is -0.454. The maximum absolute atomic E-state index is 12.1. The number of amides is 1. The molecule has 1 atom stereocenters. The number of halogens is 1. The summed E-state index contributed by atoms with van der Waals surface area (Å²) in [5.41, 5.74) is 5.70. The van der Waals surface area contributed by atoms with Gasteiger partial charge in [0, 0.05) is 0 Å². The van der Waals surface area contributed by atoms with Crippen LogP contribution in [0.1, 0.15) is 53.6 Å². The molecule has 6 nitrogen and oxygen atoms in total. The fourth-order valence-corrected chi connectivity index (χ4v) is 3.45. The van der Waals surface area contributed by atoms with Crippen LogP contribution in [-0.2, 0) is 5.54 Å². The van der Waals surface area contributed by atoms with E-state index < -0.39 is 5.54 Å². The van der Waals surface area contributed by atoms with Gasteiger partial charge in [0.1, 0.15) is 6.04 Å². The fraction of sp³-hybridized carbons (Fsp3) is 0.462. The number of carbonyl (C=O) groups is 1. The van der Waals surface area contributed by atoms with Crippen molar-refractivity contribution in [3.05, 3.63) is 32.5 Å². The van der Waals surface area contributed by atoms with E-state index in [9.17, 15) is 4.79 Å². The van der Waals surface area contributed by atoms with E-state index in [1.807, 2.05) is 13.0 Å². The van der Waals surface area contributed by atoms with Crippen LogP contribution in [0.2, 0.25) is 0 Å². The summed E-state index contributed by atoms with van der Waals surface area (Å²) >= 11 is 4.71. The molecule has 3 N–H and O–H groups in total. The van der Waals surface area contributed by atoms with Gasteiger partial charge in [-0.05, 0) is 54.2 Å². The molecule has 2 aromatic rings. The van der Waals surface area contributed by atoms with Gasteiger partial charge in [0.15, 0.2) is 5.82 Å². The molecular weight excluding hydrogens is 356 g/mol. The molecule has 1 fully saturated rings. The maximum atomic E-state index is 12.1. The zero-order valence-corrected chi connectivity index (χ0v) is 13.8. The largest absolute Gasteiger partial charge is 0.340 e. The van der Waals surface area contributed by atoms with Crippen LogP contribution in [-0.4, -0.2) is 16.0 Å². The molecule has 1 unspecified atom stereocenters. The molecule has 0 bridgehead atoms. The maximum Gasteiger partial charge on any atom is 0.262 e. The van der Waals surface area contributed by atoms with Crippen molar-refractivity contribution in [1.82, 2.24) is 15.5 Å². The molecule has 0 radical (unpaired) electrons. The molecule has 8 heteroatoms. The predicted molar refractivity (Wildman–Crippen MR) is 81.9 cm³/mol. The van der Waals surface area contributed by atoms with Crippen LogP contribution in [0, 0.1) is 0 Å². The normalized spacial score (nSPS) is 18.0. The number of thiophene rings is 1. The number of nitrogens with zero attached hydrogens (tertiary/aromatic N) is 2. The molecule has 0 spiro atoms. The van der Waals surface area contributed by atoms with Gasteiger partial charge in [0.05, 0.1) is 14.2 Å². The van der Waals surface area contributed by atoms with Crippen molar-refractivity contribution in [3.8, 4) is 0 Å². The van der Waals surface area contributed by atoms with E-state index in [-0.39, 0.29) is 11.9 Å². The molecular formula is C13H15BrN4O2S. The van der Waals surface area contributed by atoms with E-state index in [4.69, 9.17) is 10.3 Å². The highest BCUT2D eigenvalue weighted by Crippen LogP contribution is 2.37. The molecule has 1 aliphatic carbocycles. The Morgan fingerprint density at radius 2 is 2.33 bits per heavy atom. The SMILES string of the molecule is CC(NC(=O)c1ccc(Br)s1)c1nc(C2(N)CCC2)no1. The van der Waals surface area contributed by atoms with Gasteiger partial charge in [-0.15, -0.1) is 11.3 Å².